The molecule has 0 saturated heterocycles. The number of hydrogen-bond donors (Lipinski definition) is 2. The van der Waals surface area contributed by atoms with Gasteiger partial charge >= 0.3 is 0 Å². The lowest BCUT2D eigenvalue weighted by Gasteiger charge is -2.11. The Morgan fingerprint density at radius 3 is 2.75 bits per heavy atom. The van der Waals surface area contributed by atoms with E-state index in [-0.39, 0.29) is 11.3 Å². The highest BCUT2D eigenvalue weighted by Crippen LogP contribution is 2.19. The molecular formula is C11H15FN2O2. The first-order chi connectivity index (χ1) is 7.52. The summed E-state index contributed by atoms with van der Waals surface area (Å²) in [6, 6.07) is 3.77. The topological polar surface area (TPSA) is 52.6 Å². The van der Waals surface area contributed by atoms with Crippen molar-refractivity contribution in [2.45, 2.75) is 0 Å². The van der Waals surface area contributed by atoms with Crippen molar-refractivity contribution in [1.82, 2.24) is 10.2 Å². The monoisotopic (exact) mass is 226 g/mol. The molecule has 0 radical (unpaired) electrons. The highest BCUT2D eigenvalue weighted by Gasteiger charge is 2.15. The molecule has 1 aromatic rings. The van der Waals surface area contributed by atoms with Crippen LogP contribution in [-0.4, -0.2) is 43.1 Å². The van der Waals surface area contributed by atoms with Crippen molar-refractivity contribution in [2.24, 2.45) is 0 Å². The summed E-state index contributed by atoms with van der Waals surface area (Å²) in [6.45, 7) is 1.06. The van der Waals surface area contributed by atoms with E-state index in [0.29, 0.717) is 13.1 Å². The summed E-state index contributed by atoms with van der Waals surface area (Å²) in [5, 5.41) is 11.9. The van der Waals surface area contributed by atoms with Gasteiger partial charge < -0.3 is 15.3 Å². The van der Waals surface area contributed by atoms with Crippen molar-refractivity contribution >= 4 is 5.91 Å². The van der Waals surface area contributed by atoms with Crippen molar-refractivity contribution in [3.05, 3.63) is 29.6 Å². The molecule has 0 saturated carbocycles. The second-order valence-electron chi connectivity index (χ2n) is 3.69. The summed E-state index contributed by atoms with van der Waals surface area (Å²) in [6.07, 6.45) is 0. The quantitative estimate of drug-likeness (QED) is 0.799. The SMILES string of the molecule is CN(C)CCNC(=O)c1c(O)cccc1F. The Morgan fingerprint density at radius 2 is 2.19 bits per heavy atom. The predicted molar refractivity (Wildman–Crippen MR) is 59.0 cm³/mol. The zero-order valence-electron chi connectivity index (χ0n) is 9.33. The van der Waals surface area contributed by atoms with E-state index in [1.165, 1.54) is 12.1 Å². The number of phenols is 1. The molecular weight excluding hydrogens is 211 g/mol. The maximum atomic E-state index is 13.3. The van der Waals surface area contributed by atoms with Gasteiger partial charge in [-0.05, 0) is 26.2 Å². The van der Waals surface area contributed by atoms with Crippen LogP contribution >= 0.6 is 0 Å². The van der Waals surface area contributed by atoms with Gasteiger partial charge in [0.25, 0.3) is 5.91 Å². The van der Waals surface area contributed by atoms with Crippen LogP contribution in [0.3, 0.4) is 0 Å². The Balaban J connectivity index is 2.66. The molecule has 0 fully saturated rings. The molecule has 2 N–H and O–H groups in total. The minimum Gasteiger partial charge on any atom is -0.507 e. The minimum atomic E-state index is -0.720. The van der Waals surface area contributed by atoms with Gasteiger partial charge in [-0.2, -0.15) is 0 Å². The molecule has 0 unspecified atom stereocenters. The van der Waals surface area contributed by atoms with Crippen LogP contribution in [0.15, 0.2) is 18.2 Å². The molecule has 0 spiro atoms. The first kappa shape index (κ1) is 12.4. The molecule has 88 valence electrons. The first-order valence-electron chi connectivity index (χ1n) is 4.92. The second-order valence-corrected chi connectivity index (χ2v) is 3.69. The number of aromatic hydroxyl groups is 1. The van der Waals surface area contributed by atoms with Gasteiger partial charge in [-0.3, -0.25) is 4.79 Å². The first-order valence-corrected chi connectivity index (χ1v) is 4.92. The van der Waals surface area contributed by atoms with Crippen LogP contribution in [0.4, 0.5) is 4.39 Å². The number of benzene rings is 1. The molecule has 1 amide bonds. The second kappa shape index (κ2) is 5.46. The van der Waals surface area contributed by atoms with E-state index in [9.17, 15) is 14.3 Å². The van der Waals surface area contributed by atoms with Gasteiger partial charge in [0.1, 0.15) is 17.1 Å². The number of likely N-dealkylation sites (N-methyl/N-ethyl adjacent to an activating group) is 1. The van der Waals surface area contributed by atoms with Crippen LogP contribution < -0.4 is 5.32 Å². The van der Waals surface area contributed by atoms with Crippen molar-refractivity contribution < 1.29 is 14.3 Å². The molecule has 0 aliphatic rings. The third-order valence-corrected chi connectivity index (χ3v) is 2.06. The maximum Gasteiger partial charge on any atom is 0.258 e. The average Bonchev–Trinajstić information content (AvgIpc) is 2.16. The molecule has 1 rings (SSSR count). The Hall–Kier alpha value is -1.62. The number of carbonyl (C=O) groups is 1. The van der Waals surface area contributed by atoms with Crippen LogP contribution in [-0.2, 0) is 0 Å². The lowest BCUT2D eigenvalue weighted by molar-refractivity contribution is 0.0944. The van der Waals surface area contributed by atoms with Crippen molar-refractivity contribution in [3.63, 3.8) is 0 Å². The van der Waals surface area contributed by atoms with Gasteiger partial charge in [0.2, 0.25) is 0 Å². The Morgan fingerprint density at radius 1 is 1.50 bits per heavy atom. The maximum absolute atomic E-state index is 13.3. The van der Waals surface area contributed by atoms with Gasteiger partial charge in [0.05, 0.1) is 0 Å². The fraction of sp³-hybridized carbons (Fsp3) is 0.364. The van der Waals surface area contributed by atoms with Crippen molar-refractivity contribution in [2.75, 3.05) is 27.2 Å². The van der Waals surface area contributed by atoms with E-state index in [1.54, 1.807) is 0 Å². The molecule has 0 bridgehead atoms. The van der Waals surface area contributed by atoms with E-state index >= 15 is 0 Å². The number of hydrogen-bond acceptors (Lipinski definition) is 3. The van der Waals surface area contributed by atoms with Crippen LogP contribution in [0.25, 0.3) is 0 Å². The predicted octanol–water partition coefficient (Wildman–Crippen LogP) is 0.823. The Labute approximate surface area is 93.7 Å². The van der Waals surface area contributed by atoms with Gasteiger partial charge in [0, 0.05) is 13.1 Å². The molecule has 0 aromatic heterocycles. The molecule has 4 nitrogen and oxygen atoms in total. The summed E-state index contributed by atoms with van der Waals surface area (Å²) in [5.41, 5.74) is -0.304. The Bertz CT molecular complexity index is 360. The van der Waals surface area contributed by atoms with Gasteiger partial charge in [0.15, 0.2) is 0 Å². The lowest BCUT2D eigenvalue weighted by atomic mass is 10.1. The van der Waals surface area contributed by atoms with Crippen molar-refractivity contribution in [3.8, 4) is 5.75 Å². The highest BCUT2D eigenvalue weighted by molar-refractivity contribution is 5.97. The van der Waals surface area contributed by atoms with Crippen LogP contribution in [0, 0.1) is 5.82 Å². The number of carbonyl (C=O) groups excluding carboxylic acids is 1. The zero-order chi connectivity index (χ0) is 12.1. The molecule has 1 aromatic carbocycles. The normalized spacial score (nSPS) is 10.5. The number of nitrogens with zero attached hydrogens (tertiary/aromatic N) is 1. The zero-order valence-corrected chi connectivity index (χ0v) is 9.33. The van der Waals surface area contributed by atoms with Crippen LogP contribution in [0.2, 0.25) is 0 Å². The van der Waals surface area contributed by atoms with E-state index < -0.39 is 11.7 Å². The number of amides is 1. The smallest absolute Gasteiger partial charge is 0.258 e. The summed E-state index contributed by atoms with van der Waals surface area (Å²) < 4.78 is 13.3. The molecule has 0 aliphatic heterocycles. The number of nitrogens with one attached hydrogen (secondary N) is 1. The average molecular weight is 226 g/mol. The molecule has 0 atom stereocenters. The van der Waals surface area contributed by atoms with E-state index in [4.69, 9.17) is 0 Å². The number of phenolic OH excluding ortho intramolecular Hbond substituents is 1. The molecule has 0 heterocycles. The van der Waals surface area contributed by atoms with Gasteiger partial charge in [-0.15, -0.1) is 0 Å². The summed E-state index contributed by atoms with van der Waals surface area (Å²) in [4.78, 5) is 13.4. The van der Waals surface area contributed by atoms with E-state index in [0.717, 1.165) is 6.07 Å². The van der Waals surface area contributed by atoms with Crippen LogP contribution in [0.5, 0.6) is 5.75 Å². The molecule has 0 aliphatic carbocycles. The summed E-state index contributed by atoms with van der Waals surface area (Å²) in [7, 11) is 3.74. The highest BCUT2D eigenvalue weighted by atomic mass is 19.1. The molecule has 5 heteroatoms. The Kier molecular flexibility index (Phi) is 4.25. The summed E-state index contributed by atoms with van der Waals surface area (Å²) >= 11 is 0. The minimum absolute atomic E-state index is 0.304. The fourth-order valence-electron chi connectivity index (χ4n) is 1.22. The summed E-state index contributed by atoms with van der Waals surface area (Å²) in [5.74, 6) is -1.66. The van der Waals surface area contributed by atoms with E-state index in [1.807, 2.05) is 19.0 Å². The third kappa shape index (κ3) is 3.20. The molecule has 16 heavy (non-hydrogen) atoms. The van der Waals surface area contributed by atoms with Crippen molar-refractivity contribution in [1.29, 1.82) is 0 Å². The number of rotatable bonds is 4. The standard InChI is InChI=1S/C11H15FN2O2/c1-14(2)7-6-13-11(16)10-8(12)4-3-5-9(10)15/h3-5,15H,6-7H2,1-2H3,(H,13,16). The van der Waals surface area contributed by atoms with Gasteiger partial charge in [-0.25, -0.2) is 4.39 Å². The lowest BCUT2D eigenvalue weighted by Crippen LogP contribution is -2.31. The third-order valence-electron chi connectivity index (χ3n) is 2.06. The largest absolute Gasteiger partial charge is 0.507 e. The fourth-order valence-corrected chi connectivity index (χ4v) is 1.22. The number of halogens is 1. The van der Waals surface area contributed by atoms with Gasteiger partial charge in [-0.1, -0.05) is 6.07 Å². The van der Waals surface area contributed by atoms with Crippen LogP contribution in [0.1, 0.15) is 10.4 Å². The van der Waals surface area contributed by atoms with E-state index in [2.05, 4.69) is 5.32 Å².